The Kier molecular flexibility index (Phi) is 4.53. The van der Waals surface area contributed by atoms with E-state index in [1.165, 1.54) is 5.56 Å². The first-order valence-corrected chi connectivity index (χ1v) is 7.53. The van der Waals surface area contributed by atoms with Gasteiger partial charge < -0.3 is 10.1 Å². The quantitative estimate of drug-likeness (QED) is 0.936. The number of halogens is 1. The second-order valence-corrected chi connectivity index (χ2v) is 5.91. The summed E-state index contributed by atoms with van der Waals surface area (Å²) < 4.78 is 7.76. The molecule has 21 heavy (non-hydrogen) atoms. The highest BCUT2D eigenvalue weighted by Crippen LogP contribution is 2.13. The third-order valence-electron chi connectivity index (χ3n) is 3.61. The number of nitrogens with zero attached hydrogens (tertiary/aromatic N) is 3. The third-order valence-corrected chi connectivity index (χ3v) is 3.86. The van der Waals surface area contributed by atoms with E-state index in [2.05, 4.69) is 27.8 Å². The standard InChI is InChI=1S/C15H19ClN4O/c1-11-8-20(19-18-11)9-15-7-17-14(10-21-15)6-12-2-4-13(16)5-3-12/h2-5,8,14-15,17H,6-7,9-10H2,1H3/t14-,15+/m0/s1. The number of rotatable bonds is 4. The molecule has 6 heteroatoms. The van der Waals surface area contributed by atoms with Crippen LogP contribution in [0.5, 0.6) is 0 Å². The van der Waals surface area contributed by atoms with Crippen LogP contribution in [0.1, 0.15) is 11.3 Å². The Balaban J connectivity index is 1.47. The molecule has 1 fully saturated rings. The van der Waals surface area contributed by atoms with Gasteiger partial charge in [-0.15, -0.1) is 5.10 Å². The van der Waals surface area contributed by atoms with Crippen molar-refractivity contribution in [3.05, 3.63) is 46.7 Å². The van der Waals surface area contributed by atoms with Crippen molar-refractivity contribution in [2.75, 3.05) is 13.2 Å². The van der Waals surface area contributed by atoms with Crippen LogP contribution in [0.4, 0.5) is 0 Å². The summed E-state index contributed by atoms with van der Waals surface area (Å²) in [4.78, 5) is 0. The van der Waals surface area contributed by atoms with Crippen molar-refractivity contribution in [3.8, 4) is 0 Å². The number of benzene rings is 1. The first-order chi connectivity index (χ1) is 10.2. The minimum atomic E-state index is 0.146. The summed E-state index contributed by atoms with van der Waals surface area (Å²) in [7, 11) is 0. The van der Waals surface area contributed by atoms with E-state index in [9.17, 15) is 0 Å². The van der Waals surface area contributed by atoms with E-state index in [4.69, 9.17) is 16.3 Å². The predicted octanol–water partition coefficient (Wildman–Crippen LogP) is 1.84. The molecule has 0 unspecified atom stereocenters. The van der Waals surface area contributed by atoms with Crippen LogP contribution in [-0.4, -0.2) is 40.3 Å². The molecule has 0 radical (unpaired) electrons. The number of morpholine rings is 1. The Morgan fingerprint density at radius 2 is 2.19 bits per heavy atom. The molecule has 2 atom stereocenters. The SMILES string of the molecule is Cc1cn(C[C@H]2CN[C@@H](Cc3ccc(Cl)cc3)CO2)nn1. The summed E-state index contributed by atoms with van der Waals surface area (Å²) >= 11 is 5.90. The zero-order chi connectivity index (χ0) is 14.7. The molecule has 0 amide bonds. The lowest BCUT2D eigenvalue weighted by Gasteiger charge is -2.30. The Labute approximate surface area is 129 Å². The number of ether oxygens (including phenoxy) is 1. The topological polar surface area (TPSA) is 52.0 Å². The molecule has 5 nitrogen and oxygen atoms in total. The first-order valence-electron chi connectivity index (χ1n) is 7.15. The van der Waals surface area contributed by atoms with Crippen LogP contribution in [0, 0.1) is 6.92 Å². The van der Waals surface area contributed by atoms with E-state index in [0.717, 1.165) is 30.2 Å². The minimum Gasteiger partial charge on any atom is -0.373 e. The van der Waals surface area contributed by atoms with Gasteiger partial charge in [0.05, 0.1) is 24.9 Å². The van der Waals surface area contributed by atoms with Crippen molar-refractivity contribution in [1.29, 1.82) is 0 Å². The summed E-state index contributed by atoms with van der Waals surface area (Å²) in [5, 5.41) is 12.4. The first kappa shape index (κ1) is 14.5. The molecule has 2 heterocycles. The molecular formula is C15H19ClN4O. The van der Waals surface area contributed by atoms with Crippen LogP contribution in [-0.2, 0) is 17.7 Å². The van der Waals surface area contributed by atoms with Gasteiger partial charge in [0.25, 0.3) is 0 Å². The largest absolute Gasteiger partial charge is 0.373 e. The van der Waals surface area contributed by atoms with E-state index in [0.29, 0.717) is 12.6 Å². The number of hydrogen-bond donors (Lipinski definition) is 1. The van der Waals surface area contributed by atoms with Gasteiger partial charge in [0.15, 0.2) is 0 Å². The van der Waals surface area contributed by atoms with Crippen LogP contribution in [0.2, 0.25) is 5.02 Å². The molecule has 1 aliphatic rings. The van der Waals surface area contributed by atoms with Crippen molar-refractivity contribution in [3.63, 3.8) is 0 Å². The smallest absolute Gasteiger partial charge is 0.0896 e. The monoisotopic (exact) mass is 306 g/mol. The molecule has 1 N–H and O–H groups in total. The predicted molar refractivity (Wildman–Crippen MR) is 81.4 cm³/mol. The highest BCUT2D eigenvalue weighted by molar-refractivity contribution is 6.30. The van der Waals surface area contributed by atoms with E-state index < -0.39 is 0 Å². The highest BCUT2D eigenvalue weighted by atomic mass is 35.5. The Morgan fingerprint density at radius 1 is 1.38 bits per heavy atom. The zero-order valence-corrected chi connectivity index (χ0v) is 12.8. The summed E-state index contributed by atoms with van der Waals surface area (Å²) in [6.45, 7) is 4.21. The number of aromatic nitrogens is 3. The fraction of sp³-hybridized carbons (Fsp3) is 0.467. The van der Waals surface area contributed by atoms with Crippen LogP contribution < -0.4 is 5.32 Å². The summed E-state index contributed by atoms with van der Waals surface area (Å²) in [5.41, 5.74) is 2.20. The molecule has 0 bridgehead atoms. The van der Waals surface area contributed by atoms with Crippen LogP contribution in [0.25, 0.3) is 0 Å². The third kappa shape index (κ3) is 4.03. The normalized spacial score (nSPS) is 22.4. The number of aryl methyl sites for hydroxylation is 1. The number of nitrogens with one attached hydrogen (secondary N) is 1. The molecular weight excluding hydrogens is 288 g/mol. The Morgan fingerprint density at radius 3 is 2.81 bits per heavy atom. The Hall–Kier alpha value is -1.43. The van der Waals surface area contributed by atoms with Gasteiger partial charge >= 0.3 is 0 Å². The van der Waals surface area contributed by atoms with Gasteiger partial charge in [-0.05, 0) is 31.0 Å². The molecule has 1 saturated heterocycles. The Bertz CT molecular complexity index is 576. The van der Waals surface area contributed by atoms with Crippen LogP contribution in [0.3, 0.4) is 0 Å². The molecule has 1 aliphatic heterocycles. The maximum Gasteiger partial charge on any atom is 0.0896 e. The summed E-state index contributed by atoms with van der Waals surface area (Å²) in [5.74, 6) is 0. The fourth-order valence-corrected chi connectivity index (χ4v) is 2.64. The zero-order valence-electron chi connectivity index (χ0n) is 12.0. The number of hydrogen-bond acceptors (Lipinski definition) is 4. The van der Waals surface area contributed by atoms with Gasteiger partial charge in [-0.1, -0.05) is 28.9 Å². The lowest BCUT2D eigenvalue weighted by Crippen LogP contribution is -2.48. The average molecular weight is 307 g/mol. The second kappa shape index (κ2) is 6.56. The van der Waals surface area contributed by atoms with Gasteiger partial charge in [0, 0.05) is 23.8 Å². The van der Waals surface area contributed by atoms with Gasteiger partial charge in [0.2, 0.25) is 0 Å². The summed E-state index contributed by atoms with van der Waals surface area (Å²) in [6, 6.07) is 8.33. The van der Waals surface area contributed by atoms with Gasteiger partial charge in [-0.2, -0.15) is 0 Å². The highest BCUT2D eigenvalue weighted by Gasteiger charge is 2.21. The van der Waals surface area contributed by atoms with Gasteiger partial charge in [-0.3, -0.25) is 0 Å². The molecule has 112 valence electrons. The molecule has 0 aliphatic carbocycles. The van der Waals surface area contributed by atoms with Crippen LogP contribution >= 0.6 is 11.6 Å². The van der Waals surface area contributed by atoms with E-state index in [1.807, 2.05) is 29.9 Å². The summed E-state index contributed by atoms with van der Waals surface area (Å²) in [6.07, 6.45) is 3.03. The lowest BCUT2D eigenvalue weighted by atomic mass is 10.1. The molecule has 3 rings (SSSR count). The van der Waals surface area contributed by atoms with E-state index in [1.54, 1.807) is 0 Å². The second-order valence-electron chi connectivity index (χ2n) is 5.47. The maximum atomic E-state index is 5.92. The van der Waals surface area contributed by atoms with Crippen molar-refractivity contribution < 1.29 is 4.74 Å². The molecule has 0 saturated carbocycles. The molecule has 1 aromatic heterocycles. The van der Waals surface area contributed by atoms with Crippen molar-refractivity contribution >= 4 is 11.6 Å². The van der Waals surface area contributed by atoms with Crippen LogP contribution in [0.15, 0.2) is 30.5 Å². The van der Waals surface area contributed by atoms with E-state index >= 15 is 0 Å². The maximum absolute atomic E-state index is 5.92. The molecule has 0 spiro atoms. The average Bonchev–Trinajstić information content (AvgIpc) is 2.89. The lowest BCUT2D eigenvalue weighted by molar-refractivity contribution is -0.00672. The van der Waals surface area contributed by atoms with Crippen molar-refractivity contribution in [2.45, 2.75) is 32.0 Å². The van der Waals surface area contributed by atoms with Crippen molar-refractivity contribution in [1.82, 2.24) is 20.3 Å². The van der Waals surface area contributed by atoms with Crippen molar-refractivity contribution in [2.24, 2.45) is 0 Å². The fourth-order valence-electron chi connectivity index (χ4n) is 2.51. The van der Waals surface area contributed by atoms with Gasteiger partial charge in [-0.25, -0.2) is 4.68 Å². The molecule has 2 aromatic rings. The van der Waals surface area contributed by atoms with Gasteiger partial charge in [0.1, 0.15) is 0 Å². The minimum absolute atomic E-state index is 0.146. The van der Waals surface area contributed by atoms with E-state index in [-0.39, 0.29) is 6.10 Å². The molecule has 1 aromatic carbocycles.